The number of aromatic nitrogens is 2. The minimum atomic E-state index is -3.83. The van der Waals surface area contributed by atoms with E-state index >= 15 is 0 Å². The Morgan fingerprint density at radius 2 is 1.95 bits per heavy atom. The fraction of sp³-hybridized carbons (Fsp3) is 0.357. The summed E-state index contributed by atoms with van der Waals surface area (Å²) in [4.78, 5) is -0.0861. The summed E-state index contributed by atoms with van der Waals surface area (Å²) in [5, 5.41) is 4.04. The van der Waals surface area contributed by atoms with Gasteiger partial charge in [0.05, 0.1) is 16.6 Å². The summed E-state index contributed by atoms with van der Waals surface area (Å²) in [5.74, 6) is -0.574. The highest BCUT2D eigenvalue weighted by Crippen LogP contribution is 2.23. The van der Waals surface area contributed by atoms with Crippen molar-refractivity contribution < 1.29 is 12.8 Å². The molecule has 0 aliphatic carbocycles. The molecular formula is C14H18FN3O2S. The third-order valence-corrected chi connectivity index (χ3v) is 4.78. The summed E-state index contributed by atoms with van der Waals surface area (Å²) in [7, 11) is -2.07. The van der Waals surface area contributed by atoms with E-state index in [0.717, 1.165) is 11.6 Å². The lowest BCUT2D eigenvalue weighted by atomic mass is 10.00. The molecule has 1 aromatic heterocycles. The quantitative estimate of drug-likeness (QED) is 0.940. The Morgan fingerprint density at radius 1 is 1.29 bits per heavy atom. The van der Waals surface area contributed by atoms with E-state index in [1.807, 2.05) is 0 Å². The highest BCUT2D eigenvalue weighted by molar-refractivity contribution is 7.89. The zero-order chi connectivity index (χ0) is 15.8. The first kappa shape index (κ1) is 15.7. The molecule has 7 heteroatoms. The smallest absolute Gasteiger partial charge is 0.241 e. The standard InChI is InChI=1S/C14H18FN3O2S/c1-10-5-12(15)7-13(6-10)21(19,20)17-14(2,3)11-8-16-18(4)9-11/h5-9,17H,1-4H3. The Kier molecular flexibility index (Phi) is 3.90. The number of aryl methyl sites for hydroxylation is 2. The Morgan fingerprint density at radius 3 is 2.48 bits per heavy atom. The van der Waals surface area contributed by atoms with Gasteiger partial charge >= 0.3 is 0 Å². The lowest BCUT2D eigenvalue weighted by Gasteiger charge is -2.24. The van der Waals surface area contributed by atoms with Gasteiger partial charge in [-0.25, -0.2) is 17.5 Å². The maximum absolute atomic E-state index is 13.4. The molecule has 0 atom stereocenters. The summed E-state index contributed by atoms with van der Waals surface area (Å²) in [6.07, 6.45) is 3.33. The van der Waals surface area contributed by atoms with Crippen molar-refractivity contribution in [3.05, 3.63) is 47.5 Å². The van der Waals surface area contributed by atoms with E-state index in [1.165, 1.54) is 12.1 Å². The Hall–Kier alpha value is -1.73. The van der Waals surface area contributed by atoms with Crippen LogP contribution in [0.4, 0.5) is 4.39 Å². The number of rotatable bonds is 4. The van der Waals surface area contributed by atoms with E-state index in [1.54, 1.807) is 44.9 Å². The molecule has 0 unspecified atom stereocenters. The van der Waals surface area contributed by atoms with Gasteiger partial charge in [-0.05, 0) is 44.5 Å². The number of benzene rings is 1. The van der Waals surface area contributed by atoms with Crippen LogP contribution in [0.15, 0.2) is 35.5 Å². The number of halogens is 1. The number of hydrogen-bond acceptors (Lipinski definition) is 3. The molecule has 0 aliphatic rings. The number of nitrogens with one attached hydrogen (secondary N) is 1. The van der Waals surface area contributed by atoms with Crippen LogP contribution in [0.1, 0.15) is 25.0 Å². The Labute approximate surface area is 123 Å². The van der Waals surface area contributed by atoms with Crippen molar-refractivity contribution in [2.45, 2.75) is 31.2 Å². The van der Waals surface area contributed by atoms with Crippen LogP contribution in [0.3, 0.4) is 0 Å². The molecule has 5 nitrogen and oxygen atoms in total. The van der Waals surface area contributed by atoms with Crippen LogP contribution in [0, 0.1) is 12.7 Å². The second-order valence-corrected chi connectivity index (χ2v) is 7.28. The van der Waals surface area contributed by atoms with Crippen LogP contribution in [0.5, 0.6) is 0 Å². The normalized spacial score (nSPS) is 12.6. The summed E-state index contributed by atoms with van der Waals surface area (Å²) < 4.78 is 42.4. The van der Waals surface area contributed by atoms with Crippen molar-refractivity contribution in [3.63, 3.8) is 0 Å². The molecule has 114 valence electrons. The minimum Gasteiger partial charge on any atom is -0.275 e. The summed E-state index contributed by atoms with van der Waals surface area (Å²) in [6.45, 7) is 5.11. The van der Waals surface area contributed by atoms with Crippen molar-refractivity contribution in [2.75, 3.05) is 0 Å². The maximum atomic E-state index is 13.4. The molecule has 21 heavy (non-hydrogen) atoms. The van der Waals surface area contributed by atoms with Crippen molar-refractivity contribution in [3.8, 4) is 0 Å². The predicted molar refractivity (Wildman–Crippen MR) is 77.7 cm³/mol. The van der Waals surface area contributed by atoms with Gasteiger partial charge in [-0.1, -0.05) is 0 Å². The Balaban J connectivity index is 2.36. The van der Waals surface area contributed by atoms with Crippen LogP contribution < -0.4 is 4.72 Å². The third kappa shape index (κ3) is 3.48. The maximum Gasteiger partial charge on any atom is 0.241 e. The third-order valence-electron chi connectivity index (χ3n) is 3.14. The van der Waals surface area contributed by atoms with E-state index in [0.29, 0.717) is 5.56 Å². The van der Waals surface area contributed by atoms with Gasteiger partial charge in [0.2, 0.25) is 10.0 Å². The topological polar surface area (TPSA) is 64.0 Å². The van der Waals surface area contributed by atoms with Gasteiger partial charge in [-0.3, -0.25) is 4.68 Å². The van der Waals surface area contributed by atoms with Gasteiger partial charge in [0.15, 0.2) is 0 Å². The first-order valence-corrected chi connectivity index (χ1v) is 7.89. The van der Waals surface area contributed by atoms with Gasteiger partial charge in [0.1, 0.15) is 5.82 Å². The van der Waals surface area contributed by atoms with Crippen LogP contribution in [0.2, 0.25) is 0 Å². The van der Waals surface area contributed by atoms with E-state index in [-0.39, 0.29) is 4.90 Å². The molecule has 0 saturated heterocycles. The molecule has 0 amide bonds. The number of nitrogens with zero attached hydrogens (tertiary/aromatic N) is 2. The molecule has 0 fully saturated rings. The van der Waals surface area contributed by atoms with Gasteiger partial charge in [0, 0.05) is 18.8 Å². The Bertz CT molecular complexity index is 746. The van der Waals surface area contributed by atoms with Gasteiger partial charge < -0.3 is 0 Å². The van der Waals surface area contributed by atoms with E-state index < -0.39 is 21.4 Å². The van der Waals surface area contributed by atoms with Crippen LogP contribution >= 0.6 is 0 Å². The number of sulfonamides is 1. The first-order valence-electron chi connectivity index (χ1n) is 6.40. The summed E-state index contributed by atoms with van der Waals surface area (Å²) in [5.41, 5.74) is 0.420. The molecule has 0 bridgehead atoms. The van der Waals surface area contributed by atoms with Crippen LogP contribution in [-0.4, -0.2) is 18.2 Å². The van der Waals surface area contributed by atoms with Gasteiger partial charge in [-0.2, -0.15) is 5.10 Å². The molecule has 1 aromatic carbocycles. The lowest BCUT2D eigenvalue weighted by molar-refractivity contribution is 0.471. The molecule has 0 radical (unpaired) electrons. The van der Waals surface area contributed by atoms with Crippen molar-refractivity contribution in [1.82, 2.24) is 14.5 Å². The minimum absolute atomic E-state index is 0.0861. The average Bonchev–Trinajstić information content (AvgIpc) is 2.74. The van der Waals surface area contributed by atoms with E-state index in [2.05, 4.69) is 9.82 Å². The molecule has 2 rings (SSSR count). The second-order valence-electron chi connectivity index (χ2n) is 5.60. The average molecular weight is 311 g/mol. The molecule has 1 N–H and O–H groups in total. The lowest BCUT2D eigenvalue weighted by Crippen LogP contribution is -2.40. The first-order chi connectivity index (χ1) is 9.60. The zero-order valence-corrected chi connectivity index (χ0v) is 13.2. The second kappa shape index (κ2) is 5.23. The highest BCUT2D eigenvalue weighted by Gasteiger charge is 2.29. The molecule has 1 heterocycles. The van der Waals surface area contributed by atoms with E-state index in [4.69, 9.17) is 0 Å². The van der Waals surface area contributed by atoms with Crippen LogP contribution in [-0.2, 0) is 22.6 Å². The zero-order valence-electron chi connectivity index (χ0n) is 12.4. The van der Waals surface area contributed by atoms with Crippen molar-refractivity contribution in [2.24, 2.45) is 7.05 Å². The van der Waals surface area contributed by atoms with Crippen molar-refractivity contribution >= 4 is 10.0 Å². The van der Waals surface area contributed by atoms with Gasteiger partial charge in [0.25, 0.3) is 0 Å². The van der Waals surface area contributed by atoms with Gasteiger partial charge in [-0.15, -0.1) is 0 Å². The molecular weight excluding hydrogens is 293 g/mol. The molecule has 0 spiro atoms. The molecule has 0 saturated carbocycles. The monoisotopic (exact) mass is 311 g/mol. The largest absolute Gasteiger partial charge is 0.275 e. The SMILES string of the molecule is Cc1cc(F)cc(S(=O)(=O)NC(C)(C)c2cnn(C)c2)c1. The fourth-order valence-corrected chi connectivity index (χ4v) is 3.57. The molecule has 2 aromatic rings. The van der Waals surface area contributed by atoms with Crippen molar-refractivity contribution in [1.29, 1.82) is 0 Å². The molecule has 0 aliphatic heterocycles. The highest BCUT2D eigenvalue weighted by atomic mass is 32.2. The van der Waals surface area contributed by atoms with Crippen LogP contribution in [0.25, 0.3) is 0 Å². The summed E-state index contributed by atoms with van der Waals surface area (Å²) in [6, 6.07) is 3.73. The summed E-state index contributed by atoms with van der Waals surface area (Å²) >= 11 is 0. The predicted octanol–water partition coefficient (Wildman–Crippen LogP) is 2.08. The number of hydrogen-bond donors (Lipinski definition) is 1. The van der Waals surface area contributed by atoms with E-state index in [9.17, 15) is 12.8 Å². The fourth-order valence-electron chi connectivity index (χ4n) is 2.06.